The highest BCUT2D eigenvalue weighted by atomic mass is 19.1. The Hall–Kier alpha value is -1.25. The molecule has 2 rings (SSSR count). The number of nitrogens with one attached hydrogen (secondary N) is 1. The van der Waals surface area contributed by atoms with Gasteiger partial charge in [-0.05, 0) is 11.6 Å². The minimum absolute atomic E-state index is 0.0906. The zero-order valence-electron chi connectivity index (χ0n) is 6.55. The summed E-state index contributed by atoms with van der Waals surface area (Å²) in [6, 6.07) is 5.19. The van der Waals surface area contributed by atoms with Crippen LogP contribution in [0.2, 0.25) is 0 Å². The van der Waals surface area contributed by atoms with E-state index in [1.807, 2.05) is 6.07 Å². The van der Waals surface area contributed by atoms with Crippen molar-refractivity contribution in [3.8, 4) is 5.75 Å². The summed E-state index contributed by atoms with van der Waals surface area (Å²) in [7, 11) is 0. The Kier molecular flexibility index (Phi) is 1.64. The molecule has 0 fully saturated rings. The summed E-state index contributed by atoms with van der Waals surface area (Å²) >= 11 is 0. The first-order chi connectivity index (χ1) is 5.83. The second-order valence-electron chi connectivity index (χ2n) is 2.97. The van der Waals surface area contributed by atoms with E-state index in [9.17, 15) is 9.50 Å². The highest BCUT2D eigenvalue weighted by Crippen LogP contribution is 2.37. The number of hydrogen-bond acceptors (Lipinski definition) is 2. The van der Waals surface area contributed by atoms with Crippen molar-refractivity contribution in [2.24, 2.45) is 0 Å². The molecule has 12 heavy (non-hydrogen) atoms. The topological polar surface area (TPSA) is 32.3 Å². The zero-order valence-corrected chi connectivity index (χ0v) is 6.55. The minimum atomic E-state index is -0.372. The lowest BCUT2D eigenvalue weighted by atomic mass is 10.0. The number of hydrogen-bond donors (Lipinski definition) is 2. The quantitative estimate of drug-likeness (QED) is 0.626. The molecule has 0 aromatic heterocycles. The van der Waals surface area contributed by atoms with E-state index in [1.165, 1.54) is 0 Å². The van der Waals surface area contributed by atoms with Gasteiger partial charge in [-0.15, -0.1) is 0 Å². The Morgan fingerprint density at radius 1 is 1.58 bits per heavy atom. The maximum atomic E-state index is 12.4. The molecule has 0 saturated heterocycles. The molecular formula is C9H10FNO. The predicted octanol–water partition coefficient (Wildman–Crippen LogP) is 1.87. The summed E-state index contributed by atoms with van der Waals surface area (Å²) in [6.45, 7) is 0.215. The summed E-state index contributed by atoms with van der Waals surface area (Å²) in [5, 5.41) is 12.3. The minimum Gasteiger partial charge on any atom is -0.506 e. The van der Waals surface area contributed by atoms with Crippen LogP contribution in [-0.2, 0) is 0 Å². The number of aromatic hydroxyl groups is 1. The van der Waals surface area contributed by atoms with Gasteiger partial charge in [0.25, 0.3) is 0 Å². The number of benzene rings is 1. The van der Waals surface area contributed by atoms with E-state index in [0.717, 1.165) is 5.56 Å². The molecule has 0 saturated carbocycles. The smallest absolute Gasteiger partial charge is 0.138 e. The molecule has 0 bridgehead atoms. The van der Waals surface area contributed by atoms with Crippen molar-refractivity contribution in [1.82, 2.24) is 0 Å². The zero-order chi connectivity index (χ0) is 8.55. The molecule has 1 atom stereocenters. The van der Waals surface area contributed by atoms with Crippen molar-refractivity contribution in [3.63, 3.8) is 0 Å². The Morgan fingerprint density at radius 2 is 2.42 bits per heavy atom. The fraction of sp³-hybridized carbons (Fsp3) is 0.333. The maximum absolute atomic E-state index is 12.4. The number of rotatable bonds is 1. The Bertz CT molecular complexity index is 301. The van der Waals surface area contributed by atoms with Crippen molar-refractivity contribution < 1.29 is 9.50 Å². The average molecular weight is 167 g/mol. The first kappa shape index (κ1) is 7.40. The predicted molar refractivity (Wildman–Crippen MR) is 45.3 cm³/mol. The van der Waals surface area contributed by atoms with Gasteiger partial charge in [0, 0.05) is 12.5 Å². The Morgan fingerprint density at radius 3 is 3.17 bits per heavy atom. The van der Waals surface area contributed by atoms with Gasteiger partial charge in [-0.25, -0.2) is 0 Å². The van der Waals surface area contributed by atoms with Crippen LogP contribution in [0.15, 0.2) is 18.2 Å². The van der Waals surface area contributed by atoms with Gasteiger partial charge in [-0.2, -0.15) is 0 Å². The van der Waals surface area contributed by atoms with Gasteiger partial charge in [0.2, 0.25) is 0 Å². The van der Waals surface area contributed by atoms with E-state index in [1.54, 1.807) is 12.1 Å². The highest BCUT2D eigenvalue weighted by Gasteiger charge is 2.23. The first-order valence-corrected chi connectivity index (χ1v) is 3.94. The number of anilines is 1. The molecular weight excluding hydrogens is 157 g/mol. The van der Waals surface area contributed by atoms with Crippen LogP contribution in [0, 0.1) is 0 Å². The van der Waals surface area contributed by atoms with Gasteiger partial charge < -0.3 is 10.4 Å². The molecule has 64 valence electrons. The number of phenols is 1. The molecule has 0 aliphatic carbocycles. The summed E-state index contributed by atoms with van der Waals surface area (Å²) in [5.41, 5.74) is 1.58. The SMILES string of the molecule is Oc1cccc2c1NCC2CF. The number of phenolic OH excluding ortho intramolecular Hbond substituents is 1. The van der Waals surface area contributed by atoms with Crippen molar-refractivity contribution >= 4 is 5.69 Å². The number of para-hydroxylation sites is 1. The lowest BCUT2D eigenvalue weighted by Crippen LogP contribution is -2.02. The average Bonchev–Trinajstić information content (AvgIpc) is 2.49. The molecule has 1 heterocycles. The van der Waals surface area contributed by atoms with Crippen LogP contribution in [0.1, 0.15) is 11.5 Å². The Balaban J connectivity index is 2.46. The third kappa shape index (κ3) is 0.932. The summed E-state index contributed by atoms with van der Waals surface area (Å²) < 4.78 is 12.4. The summed E-state index contributed by atoms with van der Waals surface area (Å²) in [4.78, 5) is 0. The molecule has 3 heteroatoms. The van der Waals surface area contributed by atoms with Crippen LogP contribution in [0.25, 0.3) is 0 Å². The largest absolute Gasteiger partial charge is 0.506 e. The standard InChI is InChI=1S/C9H10FNO/c10-4-6-5-11-9-7(6)2-1-3-8(9)12/h1-3,6,11-12H,4-5H2. The van der Waals surface area contributed by atoms with E-state index >= 15 is 0 Å². The fourth-order valence-electron chi connectivity index (χ4n) is 1.56. The Labute approximate surface area is 70.0 Å². The van der Waals surface area contributed by atoms with E-state index in [0.29, 0.717) is 12.2 Å². The molecule has 1 aromatic rings. The molecule has 1 unspecified atom stereocenters. The second-order valence-corrected chi connectivity index (χ2v) is 2.97. The third-order valence-corrected chi connectivity index (χ3v) is 2.23. The lowest BCUT2D eigenvalue weighted by Gasteiger charge is -2.03. The van der Waals surface area contributed by atoms with Gasteiger partial charge in [-0.3, -0.25) is 4.39 Å². The van der Waals surface area contributed by atoms with Crippen LogP contribution in [-0.4, -0.2) is 18.3 Å². The van der Waals surface area contributed by atoms with Gasteiger partial charge in [0.15, 0.2) is 0 Å². The van der Waals surface area contributed by atoms with Gasteiger partial charge in [-0.1, -0.05) is 12.1 Å². The van der Waals surface area contributed by atoms with Gasteiger partial charge >= 0.3 is 0 Å². The molecule has 0 amide bonds. The van der Waals surface area contributed by atoms with E-state index < -0.39 is 0 Å². The van der Waals surface area contributed by atoms with Crippen LogP contribution in [0.3, 0.4) is 0 Å². The van der Waals surface area contributed by atoms with Crippen molar-refractivity contribution in [3.05, 3.63) is 23.8 Å². The second kappa shape index (κ2) is 2.66. The summed E-state index contributed by atoms with van der Waals surface area (Å²) in [5.74, 6) is 0.121. The number of fused-ring (bicyclic) bond motifs is 1. The molecule has 2 nitrogen and oxygen atoms in total. The molecule has 1 aliphatic heterocycles. The van der Waals surface area contributed by atoms with Crippen LogP contribution >= 0.6 is 0 Å². The number of alkyl halides is 1. The van der Waals surface area contributed by atoms with Crippen LogP contribution in [0.5, 0.6) is 5.75 Å². The van der Waals surface area contributed by atoms with Crippen molar-refractivity contribution in [1.29, 1.82) is 0 Å². The highest BCUT2D eigenvalue weighted by molar-refractivity contribution is 5.66. The lowest BCUT2D eigenvalue weighted by molar-refractivity contribution is 0.446. The third-order valence-electron chi connectivity index (χ3n) is 2.23. The number of halogens is 1. The van der Waals surface area contributed by atoms with Crippen LogP contribution < -0.4 is 5.32 Å². The monoisotopic (exact) mass is 167 g/mol. The van der Waals surface area contributed by atoms with Crippen LogP contribution in [0.4, 0.5) is 10.1 Å². The van der Waals surface area contributed by atoms with E-state index in [2.05, 4.69) is 5.32 Å². The van der Waals surface area contributed by atoms with Crippen molar-refractivity contribution in [2.75, 3.05) is 18.5 Å². The normalized spacial score (nSPS) is 20.2. The molecule has 1 aromatic carbocycles. The molecule has 0 spiro atoms. The molecule has 2 N–H and O–H groups in total. The van der Waals surface area contributed by atoms with E-state index in [4.69, 9.17) is 0 Å². The van der Waals surface area contributed by atoms with Gasteiger partial charge in [0.1, 0.15) is 5.75 Å². The van der Waals surface area contributed by atoms with Crippen molar-refractivity contribution in [2.45, 2.75) is 5.92 Å². The molecule has 1 aliphatic rings. The fourth-order valence-corrected chi connectivity index (χ4v) is 1.56. The van der Waals surface area contributed by atoms with Gasteiger partial charge in [0.05, 0.1) is 12.4 Å². The first-order valence-electron chi connectivity index (χ1n) is 3.94. The summed E-state index contributed by atoms with van der Waals surface area (Å²) in [6.07, 6.45) is 0. The molecule has 0 radical (unpaired) electrons. The van der Waals surface area contributed by atoms with E-state index in [-0.39, 0.29) is 18.3 Å². The maximum Gasteiger partial charge on any atom is 0.138 e.